The maximum Gasteiger partial charge on any atom is 0.264 e. The lowest BCUT2D eigenvalue weighted by Crippen LogP contribution is -2.40. The maximum absolute atomic E-state index is 12.8. The van der Waals surface area contributed by atoms with Crippen LogP contribution >= 0.6 is 11.3 Å². The third-order valence-corrected chi connectivity index (χ3v) is 5.52. The minimum Gasteiger partial charge on any atom is -0.348 e. The molecule has 0 fully saturated rings. The fourth-order valence-electron chi connectivity index (χ4n) is 2.97. The zero-order valence-corrected chi connectivity index (χ0v) is 13.0. The van der Waals surface area contributed by atoms with Gasteiger partial charge in [-0.25, -0.2) is 0 Å². The number of thiophene rings is 1. The minimum atomic E-state index is 0.152. The molecule has 0 aromatic carbocycles. The van der Waals surface area contributed by atoms with Gasteiger partial charge in [-0.3, -0.25) is 4.79 Å². The molecular weight excluding hydrogens is 268 g/mol. The van der Waals surface area contributed by atoms with E-state index in [2.05, 4.69) is 43.7 Å². The van der Waals surface area contributed by atoms with E-state index in [1.165, 1.54) is 16.1 Å². The van der Waals surface area contributed by atoms with Crippen LogP contribution in [0.3, 0.4) is 0 Å². The second kappa shape index (κ2) is 5.09. The number of nitrogens with zero attached hydrogens (tertiary/aromatic N) is 2. The molecule has 106 valence electrons. The molecule has 0 aliphatic carbocycles. The van der Waals surface area contributed by atoms with E-state index in [-0.39, 0.29) is 11.9 Å². The number of carbonyl (C=O) groups excluding carboxylic acids is 1. The van der Waals surface area contributed by atoms with E-state index in [0.717, 1.165) is 24.4 Å². The summed E-state index contributed by atoms with van der Waals surface area (Å²) >= 11 is 1.65. The molecule has 1 aliphatic rings. The summed E-state index contributed by atoms with van der Waals surface area (Å²) in [6.45, 7) is 8.04. The smallest absolute Gasteiger partial charge is 0.264 e. The molecule has 0 unspecified atom stereocenters. The van der Waals surface area contributed by atoms with Crippen molar-refractivity contribution in [2.75, 3.05) is 6.54 Å². The molecule has 0 bridgehead atoms. The largest absolute Gasteiger partial charge is 0.348 e. The van der Waals surface area contributed by atoms with Gasteiger partial charge in [0.1, 0.15) is 0 Å². The summed E-state index contributed by atoms with van der Waals surface area (Å²) in [5.74, 6) is 0.178. The zero-order chi connectivity index (χ0) is 14.3. The number of amides is 1. The van der Waals surface area contributed by atoms with Gasteiger partial charge in [-0.15, -0.1) is 11.3 Å². The van der Waals surface area contributed by atoms with Crippen LogP contribution in [-0.4, -0.2) is 21.9 Å². The molecule has 0 saturated carbocycles. The molecular formula is C16H20N2OS. The minimum absolute atomic E-state index is 0.152. The van der Waals surface area contributed by atoms with Crippen LogP contribution in [0, 0.1) is 6.92 Å². The van der Waals surface area contributed by atoms with Crippen LogP contribution in [0.25, 0.3) is 0 Å². The average Bonchev–Trinajstić information content (AvgIpc) is 3.05. The Hall–Kier alpha value is -1.55. The molecule has 3 heterocycles. The summed E-state index contributed by atoms with van der Waals surface area (Å²) in [6, 6.07) is 6.37. The summed E-state index contributed by atoms with van der Waals surface area (Å²) in [6.07, 6.45) is 3.10. The van der Waals surface area contributed by atoms with Crippen LogP contribution in [0.2, 0.25) is 0 Å². The summed E-state index contributed by atoms with van der Waals surface area (Å²) in [7, 11) is 0. The van der Waals surface area contributed by atoms with Crippen LogP contribution in [0.4, 0.5) is 0 Å². The maximum atomic E-state index is 12.8. The van der Waals surface area contributed by atoms with Crippen LogP contribution < -0.4 is 0 Å². The number of hydrogen-bond acceptors (Lipinski definition) is 2. The SMILES string of the molecule is CCc1sc(C(=O)N2CCn3cccc3[C@@H]2C)cc1C. The molecule has 3 rings (SSSR count). The molecule has 3 nitrogen and oxygen atoms in total. The van der Waals surface area contributed by atoms with Crippen LogP contribution in [0.15, 0.2) is 24.4 Å². The molecule has 0 spiro atoms. The van der Waals surface area contributed by atoms with Gasteiger partial charge in [-0.05, 0) is 44.0 Å². The Morgan fingerprint density at radius 2 is 2.25 bits per heavy atom. The molecule has 2 aromatic heterocycles. The lowest BCUT2D eigenvalue weighted by atomic mass is 10.1. The van der Waals surface area contributed by atoms with Gasteiger partial charge < -0.3 is 9.47 Å². The van der Waals surface area contributed by atoms with Gasteiger partial charge in [0, 0.05) is 29.9 Å². The number of rotatable bonds is 2. The molecule has 4 heteroatoms. The second-order valence-electron chi connectivity index (χ2n) is 5.37. The van der Waals surface area contributed by atoms with Gasteiger partial charge in [0.2, 0.25) is 0 Å². The van der Waals surface area contributed by atoms with Crippen molar-refractivity contribution in [1.29, 1.82) is 0 Å². The lowest BCUT2D eigenvalue weighted by molar-refractivity contribution is 0.0649. The number of carbonyl (C=O) groups is 1. The van der Waals surface area contributed by atoms with Crippen molar-refractivity contribution in [2.24, 2.45) is 0 Å². The normalized spacial score (nSPS) is 18.1. The van der Waals surface area contributed by atoms with Crippen molar-refractivity contribution in [3.05, 3.63) is 45.4 Å². The van der Waals surface area contributed by atoms with Gasteiger partial charge in [-0.1, -0.05) is 6.92 Å². The van der Waals surface area contributed by atoms with E-state index in [0.29, 0.717) is 0 Å². The highest BCUT2D eigenvalue weighted by atomic mass is 32.1. The fraction of sp³-hybridized carbons (Fsp3) is 0.438. The Balaban J connectivity index is 1.88. The van der Waals surface area contributed by atoms with E-state index in [9.17, 15) is 4.79 Å². The third-order valence-electron chi connectivity index (χ3n) is 4.16. The second-order valence-corrected chi connectivity index (χ2v) is 6.51. The van der Waals surface area contributed by atoms with Gasteiger partial charge in [0.05, 0.1) is 10.9 Å². The summed E-state index contributed by atoms with van der Waals surface area (Å²) in [5, 5.41) is 0. The van der Waals surface area contributed by atoms with Crippen LogP contribution in [-0.2, 0) is 13.0 Å². The van der Waals surface area contributed by atoms with Crippen molar-refractivity contribution >= 4 is 17.2 Å². The first-order chi connectivity index (χ1) is 9.61. The van der Waals surface area contributed by atoms with E-state index >= 15 is 0 Å². The van der Waals surface area contributed by atoms with E-state index < -0.39 is 0 Å². The molecule has 0 saturated heterocycles. The van der Waals surface area contributed by atoms with E-state index in [1.54, 1.807) is 11.3 Å². The highest BCUT2D eigenvalue weighted by Crippen LogP contribution is 2.30. The van der Waals surface area contributed by atoms with Crippen molar-refractivity contribution < 1.29 is 4.79 Å². The van der Waals surface area contributed by atoms with Crippen molar-refractivity contribution in [1.82, 2.24) is 9.47 Å². The number of hydrogen-bond donors (Lipinski definition) is 0. The van der Waals surface area contributed by atoms with Crippen molar-refractivity contribution in [2.45, 2.75) is 39.8 Å². The van der Waals surface area contributed by atoms with E-state index in [4.69, 9.17) is 0 Å². The zero-order valence-electron chi connectivity index (χ0n) is 12.2. The lowest BCUT2D eigenvalue weighted by Gasteiger charge is -2.34. The Morgan fingerprint density at radius 3 is 2.95 bits per heavy atom. The predicted octanol–water partition coefficient (Wildman–Crippen LogP) is 3.64. The molecule has 1 aliphatic heterocycles. The summed E-state index contributed by atoms with van der Waals surface area (Å²) < 4.78 is 2.24. The topological polar surface area (TPSA) is 25.2 Å². The number of fused-ring (bicyclic) bond motifs is 1. The first kappa shape index (κ1) is 13.4. The molecule has 0 radical (unpaired) electrons. The van der Waals surface area contributed by atoms with Gasteiger partial charge in [0.15, 0.2) is 0 Å². The van der Waals surface area contributed by atoms with E-state index in [1.807, 2.05) is 11.0 Å². The monoisotopic (exact) mass is 288 g/mol. The predicted molar refractivity (Wildman–Crippen MR) is 82.3 cm³/mol. The van der Waals surface area contributed by atoms with Crippen LogP contribution in [0.1, 0.15) is 45.7 Å². The average molecular weight is 288 g/mol. The highest BCUT2D eigenvalue weighted by molar-refractivity contribution is 7.14. The first-order valence-corrected chi connectivity index (χ1v) is 7.98. The molecule has 20 heavy (non-hydrogen) atoms. The van der Waals surface area contributed by atoms with Crippen molar-refractivity contribution in [3.8, 4) is 0 Å². The standard InChI is InChI=1S/C16H20N2OS/c1-4-14-11(2)10-15(20-14)16(19)18-9-8-17-7-5-6-13(17)12(18)3/h5-7,10,12H,4,8-9H2,1-3H3/t12-/m0/s1. The molecule has 2 aromatic rings. The molecule has 0 N–H and O–H groups in total. The van der Waals surface area contributed by atoms with Crippen LogP contribution in [0.5, 0.6) is 0 Å². The Labute approximate surface area is 123 Å². The quantitative estimate of drug-likeness (QED) is 0.828. The Kier molecular flexibility index (Phi) is 3.42. The fourth-order valence-corrected chi connectivity index (χ4v) is 4.04. The Morgan fingerprint density at radius 1 is 1.45 bits per heavy atom. The van der Waals surface area contributed by atoms with Gasteiger partial charge in [-0.2, -0.15) is 0 Å². The first-order valence-electron chi connectivity index (χ1n) is 7.17. The summed E-state index contributed by atoms with van der Waals surface area (Å²) in [5.41, 5.74) is 2.47. The van der Waals surface area contributed by atoms with Crippen molar-refractivity contribution in [3.63, 3.8) is 0 Å². The summed E-state index contributed by atoms with van der Waals surface area (Å²) in [4.78, 5) is 17.0. The van der Waals surface area contributed by atoms with Gasteiger partial charge >= 0.3 is 0 Å². The van der Waals surface area contributed by atoms with Gasteiger partial charge in [0.25, 0.3) is 5.91 Å². The number of aryl methyl sites for hydroxylation is 2. The molecule has 1 atom stereocenters. The highest BCUT2D eigenvalue weighted by Gasteiger charge is 2.29. The third kappa shape index (κ3) is 2.08. The molecule has 1 amide bonds. The number of aromatic nitrogens is 1. The Bertz CT molecular complexity index is 641.